The predicted molar refractivity (Wildman–Crippen MR) is 124 cm³/mol. The van der Waals surface area contributed by atoms with E-state index in [-0.39, 0.29) is 0 Å². The number of hydrogen-bond donors (Lipinski definition) is 0. The fraction of sp³-hybridized carbons (Fsp3) is 0.778. The van der Waals surface area contributed by atoms with Crippen LogP contribution in [0.15, 0.2) is 12.1 Å². The Hall–Kier alpha value is -0.980. The lowest BCUT2D eigenvalue weighted by Gasteiger charge is -2.12. The van der Waals surface area contributed by atoms with Crippen LogP contribution < -0.4 is 0 Å². The second-order valence-corrected chi connectivity index (χ2v) is 8.74. The second-order valence-electron chi connectivity index (χ2n) is 8.74. The summed E-state index contributed by atoms with van der Waals surface area (Å²) in [6.45, 7) is 6.77. The van der Waals surface area contributed by atoms with Crippen molar-refractivity contribution in [2.45, 2.75) is 136 Å². The van der Waals surface area contributed by atoms with Gasteiger partial charge in [-0.3, -0.25) is 5.11 Å². The van der Waals surface area contributed by atoms with Crippen LogP contribution >= 0.6 is 0 Å². The van der Waals surface area contributed by atoms with E-state index in [1.807, 2.05) is 0 Å². The fourth-order valence-corrected chi connectivity index (χ4v) is 4.11. The van der Waals surface area contributed by atoms with Gasteiger partial charge in [0.05, 0.1) is 0 Å². The standard InChI is InChI=1S/C27H47O/c1-4-7-10-13-14-15-16-19-24-22-25(20-17-11-8-5-2)27(28)26(23-24)21-18-12-9-6-3/h22-23H,4-21H2,1-3H3. The van der Waals surface area contributed by atoms with Gasteiger partial charge in [-0.25, -0.2) is 0 Å². The van der Waals surface area contributed by atoms with Crippen molar-refractivity contribution in [3.63, 3.8) is 0 Å². The molecule has 1 aromatic carbocycles. The molecule has 0 aromatic heterocycles. The minimum atomic E-state index is 0.358. The average Bonchev–Trinajstić information content (AvgIpc) is 2.70. The van der Waals surface area contributed by atoms with E-state index >= 15 is 0 Å². The minimum absolute atomic E-state index is 0.358. The number of aryl methyl sites for hydroxylation is 3. The Labute approximate surface area is 176 Å². The SMILES string of the molecule is CCCCCCCCCc1cc(CCCCCC)c([O])c(CCCCCC)c1. The zero-order valence-electron chi connectivity index (χ0n) is 19.3. The largest absolute Gasteiger partial charge is 0.289 e. The summed E-state index contributed by atoms with van der Waals surface area (Å²) in [5, 5.41) is 12.9. The monoisotopic (exact) mass is 387 g/mol. The van der Waals surface area contributed by atoms with Crippen molar-refractivity contribution in [1.82, 2.24) is 0 Å². The Morgan fingerprint density at radius 3 is 1.32 bits per heavy atom. The van der Waals surface area contributed by atoms with Gasteiger partial charge in [-0.15, -0.1) is 0 Å². The topological polar surface area (TPSA) is 19.9 Å². The molecule has 0 saturated heterocycles. The molecule has 0 atom stereocenters. The molecular formula is C27H47O. The molecule has 0 N–H and O–H groups in total. The van der Waals surface area contributed by atoms with Crippen LogP contribution in [0.4, 0.5) is 0 Å². The molecule has 0 fully saturated rings. The number of unbranched alkanes of at least 4 members (excludes halogenated alkanes) is 12. The van der Waals surface area contributed by atoms with Crippen LogP contribution in [-0.2, 0) is 24.4 Å². The maximum atomic E-state index is 12.9. The van der Waals surface area contributed by atoms with Gasteiger partial charge in [0.15, 0.2) is 5.75 Å². The Morgan fingerprint density at radius 2 is 0.857 bits per heavy atom. The zero-order valence-corrected chi connectivity index (χ0v) is 19.3. The van der Waals surface area contributed by atoms with E-state index in [2.05, 4.69) is 32.9 Å². The molecule has 1 heteroatoms. The third-order valence-electron chi connectivity index (χ3n) is 5.97. The van der Waals surface area contributed by atoms with Gasteiger partial charge in [-0.1, -0.05) is 110 Å². The Kier molecular flexibility index (Phi) is 15.1. The molecule has 28 heavy (non-hydrogen) atoms. The summed E-state index contributed by atoms with van der Waals surface area (Å²) >= 11 is 0. The Balaban J connectivity index is 2.61. The summed E-state index contributed by atoms with van der Waals surface area (Å²) in [6.07, 6.45) is 22.5. The minimum Gasteiger partial charge on any atom is -0.289 e. The molecule has 0 heterocycles. The van der Waals surface area contributed by atoms with E-state index in [9.17, 15) is 5.11 Å². The Bertz CT molecular complexity index is 458. The predicted octanol–water partition coefficient (Wildman–Crippen LogP) is 9.37. The summed E-state index contributed by atoms with van der Waals surface area (Å²) in [5.74, 6) is 0.358. The first kappa shape index (κ1) is 25.1. The van der Waals surface area contributed by atoms with E-state index in [0.717, 1.165) is 30.4 Å². The lowest BCUT2D eigenvalue weighted by molar-refractivity contribution is 0.343. The molecule has 1 rings (SSSR count). The average molecular weight is 388 g/mol. The van der Waals surface area contributed by atoms with Crippen molar-refractivity contribution in [2.75, 3.05) is 0 Å². The van der Waals surface area contributed by atoms with Gasteiger partial charge in [0, 0.05) is 11.1 Å². The highest BCUT2D eigenvalue weighted by Crippen LogP contribution is 2.29. The van der Waals surface area contributed by atoms with E-state index in [0.29, 0.717) is 5.75 Å². The Morgan fingerprint density at radius 1 is 0.500 bits per heavy atom. The highest BCUT2D eigenvalue weighted by molar-refractivity contribution is 5.44. The molecular weight excluding hydrogens is 340 g/mol. The molecule has 1 radical (unpaired) electrons. The number of hydrogen-bond acceptors (Lipinski definition) is 0. The maximum absolute atomic E-state index is 12.9. The first-order valence-electron chi connectivity index (χ1n) is 12.5. The van der Waals surface area contributed by atoms with Gasteiger partial charge in [-0.2, -0.15) is 0 Å². The van der Waals surface area contributed by atoms with Crippen LogP contribution in [0.1, 0.15) is 134 Å². The molecule has 0 aliphatic rings. The second kappa shape index (κ2) is 16.9. The van der Waals surface area contributed by atoms with Gasteiger partial charge < -0.3 is 0 Å². The normalized spacial score (nSPS) is 11.2. The van der Waals surface area contributed by atoms with Crippen LogP contribution in [-0.4, -0.2) is 0 Å². The van der Waals surface area contributed by atoms with Crippen molar-refractivity contribution < 1.29 is 5.11 Å². The summed E-state index contributed by atoms with van der Waals surface area (Å²) in [7, 11) is 0. The van der Waals surface area contributed by atoms with Crippen LogP contribution in [0, 0.1) is 0 Å². The lowest BCUT2D eigenvalue weighted by atomic mass is 9.94. The first-order chi connectivity index (χ1) is 13.7. The van der Waals surface area contributed by atoms with E-state index in [1.54, 1.807) is 0 Å². The van der Waals surface area contributed by atoms with E-state index < -0.39 is 0 Å². The fourth-order valence-electron chi connectivity index (χ4n) is 4.11. The van der Waals surface area contributed by atoms with Crippen molar-refractivity contribution >= 4 is 0 Å². The third kappa shape index (κ3) is 11.1. The molecule has 0 bridgehead atoms. The molecule has 0 spiro atoms. The lowest BCUT2D eigenvalue weighted by Crippen LogP contribution is -1.97. The van der Waals surface area contributed by atoms with Crippen molar-refractivity contribution in [1.29, 1.82) is 0 Å². The van der Waals surface area contributed by atoms with Crippen molar-refractivity contribution in [3.8, 4) is 5.75 Å². The van der Waals surface area contributed by atoms with Crippen molar-refractivity contribution in [2.24, 2.45) is 0 Å². The first-order valence-corrected chi connectivity index (χ1v) is 12.5. The maximum Gasteiger partial charge on any atom is 0.185 e. The molecule has 0 aliphatic carbocycles. The highest BCUT2D eigenvalue weighted by Gasteiger charge is 2.12. The van der Waals surface area contributed by atoms with Crippen LogP contribution in [0.5, 0.6) is 5.75 Å². The van der Waals surface area contributed by atoms with Gasteiger partial charge in [0.2, 0.25) is 0 Å². The smallest absolute Gasteiger partial charge is 0.185 e. The summed E-state index contributed by atoms with van der Waals surface area (Å²) < 4.78 is 0. The molecule has 1 nitrogen and oxygen atoms in total. The highest BCUT2D eigenvalue weighted by atomic mass is 16.3. The van der Waals surface area contributed by atoms with E-state index in [1.165, 1.54) is 102 Å². The van der Waals surface area contributed by atoms with Crippen LogP contribution in [0.25, 0.3) is 0 Å². The number of rotatable bonds is 18. The number of benzene rings is 1. The third-order valence-corrected chi connectivity index (χ3v) is 5.97. The van der Waals surface area contributed by atoms with Crippen molar-refractivity contribution in [3.05, 3.63) is 28.8 Å². The summed E-state index contributed by atoms with van der Waals surface area (Å²) in [6, 6.07) is 4.50. The molecule has 0 saturated carbocycles. The molecule has 0 aliphatic heterocycles. The molecule has 0 unspecified atom stereocenters. The zero-order chi connectivity index (χ0) is 20.5. The quantitative estimate of drug-likeness (QED) is 0.223. The van der Waals surface area contributed by atoms with Gasteiger partial charge >= 0.3 is 0 Å². The molecule has 161 valence electrons. The van der Waals surface area contributed by atoms with Crippen LogP contribution in [0.2, 0.25) is 0 Å². The van der Waals surface area contributed by atoms with Crippen LogP contribution in [0.3, 0.4) is 0 Å². The summed E-state index contributed by atoms with van der Waals surface area (Å²) in [4.78, 5) is 0. The molecule has 1 aromatic rings. The van der Waals surface area contributed by atoms with Gasteiger partial charge in [0.25, 0.3) is 0 Å². The summed E-state index contributed by atoms with van der Waals surface area (Å²) in [5.41, 5.74) is 3.62. The molecule has 0 amide bonds. The van der Waals surface area contributed by atoms with Gasteiger partial charge in [0.1, 0.15) is 0 Å². The van der Waals surface area contributed by atoms with Gasteiger partial charge in [-0.05, 0) is 44.1 Å². The van der Waals surface area contributed by atoms with E-state index in [4.69, 9.17) is 0 Å².